The molecule has 0 bridgehead atoms. The molecule has 2 N–H and O–H groups in total. The monoisotopic (exact) mass is 280 g/mol. The van der Waals surface area contributed by atoms with E-state index >= 15 is 0 Å². The van der Waals surface area contributed by atoms with E-state index in [0.717, 1.165) is 32.1 Å². The number of rotatable bonds is 3. The van der Waals surface area contributed by atoms with Crippen LogP contribution in [-0.2, 0) is 0 Å². The standard InChI is InChI=1S/C15H24N2O3/c1-9(2)14-13(10(3)17-20-14)15(19)16-11-7-5-4-6-8-12(11)18/h9,11-12,18H,4-8H2,1-3H3,(H,16,19). The van der Waals surface area contributed by atoms with Crippen molar-refractivity contribution in [3.63, 3.8) is 0 Å². The predicted octanol–water partition coefficient (Wildman–Crippen LogP) is 2.53. The average Bonchev–Trinajstić information content (AvgIpc) is 2.67. The third-order valence-corrected chi connectivity index (χ3v) is 3.94. The summed E-state index contributed by atoms with van der Waals surface area (Å²) in [4.78, 5) is 12.5. The Labute approximate surface area is 119 Å². The van der Waals surface area contributed by atoms with Crippen LogP contribution in [0.3, 0.4) is 0 Å². The van der Waals surface area contributed by atoms with Crippen molar-refractivity contribution in [3.05, 3.63) is 17.0 Å². The maximum Gasteiger partial charge on any atom is 0.257 e. The van der Waals surface area contributed by atoms with Crippen LogP contribution in [0.2, 0.25) is 0 Å². The second kappa shape index (κ2) is 6.39. The van der Waals surface area contributed by atoms with Crippen molar-refractivity contribution in [1.82, 2.24) is 10.5 Å². The van der Waals surface area contributed by atoms with E-state index in [1.54, 1.807) is 6.92 Å². The van der Waals surface area contributed by atoms with Gasteiger partial charge in [0.25, 0.3) is 5.91 Å². The zero-order chi connectivity index (χ0) is 14.7. The molecule has 2 unspecified atom stereocenters. The van der Waals surface area contributed by atoms with Gasteiger partial charge in [0, 0.05) is 5.92 Å². The van der Waals surface area contributed by atoms with Crippen molar-refractivity contribution < 1.29 is 14.4 Å². The zero-order valence-corrected chi connectivity index (χ0v) is 12.5. The second-order valence-electron chi connectivity index (χ2n) is 5.95. The van der Waals surface area contributed by atoms with Gasteiger partial charge in [-0.05, 0) is 19.8 Å². The number of hydrogen-bond acceptors (Lipinski definition) is 4. The Bertz CT molecular complexity index is 468. The Hall–Kier alpha value is -1.36. The molecule has 20 heavy (non-hydrogen) atoms. The minimum atomic E-state index is -0.455. The molecule has 1 fully saturated rings. The fraction of sp³-hybridized carbons (Fsp3) is 0.733. The van der Waals surface area contributed by atoms with Crippen LogP contribution in [-0.4, -0.2) is 28.3 Å². The number of amides is 1. The molecule has 1 aromatic heterocycles. The molecule has 0 radical (unpaired) electrons. The zero-order valence-electron chi connectivity index (χ0n) is 12.5. The van der Waals surface area contributed by atoms with E-state index in [2.05, 4.69) is 10.5 Å². The number of nitrogens with zero attached hydrogens (tertiary/aromatic N) is 1. The molecule has 2 atom stereocenters. The molecule has 1 aliphatic rings. The highest BCUT2D eigenvalue weighted by atomic mass is 16.5. The Morgan fingerprint density at radius 2 is 2.05 bits per heavy atom. The molecule has 0 aliphatic heterocycles. The van der Waals surface area contributed by atoms with Gasteiger partial charge in [-0.25, -0.2) is 0 Å². The van der Waals surface area contributed by atoms with Gasteiger partial charge in [-0.2, -0.15) is 0 Å². The highest BCUT2D eigenvalue weighted by Crippen LogP contribution is 2.23. The molecule has 5 nitrogen and oxygen atoms in total. The van der Waals surface area contributed by atoms with Gasteiger partial charge in [-0.15, -0.1) is 0 Å². The van der Waals surface area contributed by atoms with Crippen molar-refractivity contribution >= 4 is 5.91 Å². The molecule has 1 heterocycles. The predicted molar refractivity (Wildman–Crippen MR) is 75.7 cm³/mol. The molecule has 1 amide bonds. The molecule has 1 aromatic rings. The molecule has 1 aliphatic carbocycles. The summed E-state index contributed by atoms with van der Waals surface area (Å²) in [5, 5.41) is 16.9. The first-order chi connectivity index (χ1) is 9.50. The Morgan fingerprint density at radius 1 is 1.35 bits per heavy atom. The molecule has 0 saturated heterocycles. The molecule has 2 rings (SSSR count). The highest BCUT2D eigenvalue weighted by Gasteiger charge is 2.28. The van der Waals surface area contributed by atoms with E-state index in [4.69, 9.17) is 4.52 Å². The van der Waals surface area contributed by atoms with Gasteiger partial charge >= 0.3 is 0 Å². The molecule has 112 valence electrons. The van der Waals surface area contributed by atoms with Crippen LogP contribution in [0.15, 0.2) is 4.52 Å². The first-order valence-electron chi connectivity index (χ1n) is 7.45. The fourth-order valence-electron chi connectivity index (χ4n) is 2.75. The normalized spacial score (nSPS) is 23.6. The van der Waals surface area contributed by atoms with Crippen molar-refractivity contribution in [2.75, 3.05) is 0 Å². The van der Waals surface area contributed by atoms with Crippen LogP contribution in [0.1, 0.15) is 73.7 Å². The summed E-state index contributed by atoms with van der Waals surface area (Å²) in [5.74, 6) is 0.539. The van der Waals surface area contributed by atoms with E-state index < -0.39 is 6.10 Å². The third-order valence-electron chi connectivity index (χ3n) is 3.94. The number of aliphatic hydroxyl groups is 1. The minimum absolute atomic E-state index is 0.107. The molecular formula is C15H24N2O3. The molecule has 0 spiro atoms. The highest BCUT2D eigenvalue weighted by molar-refractivity contribution is 5.96. The van der Waals surface area contributed by atoms with E-state index in [0.29, 0.717) is 17.0 Å². The lowest BCUT2D eigenvalue weighted by atomic mass is 10.0. The number of nitrogens with one attached hydrogen (secondary N) is 1. The lowest BCUT2D eigenvalue weighted by Crippen LogP contribution is -2.43. The van der Waals surface area contributed by atoms with Gasteiger partial charge in [0.05, 0.1) is 17.8 Å². The Balaban J connectivity index is 2.13. The number of aliphatic hydroxyl groups excluding tert-OH is 1. The number of carbonyl (C=O) groups is 1. The van der Waals surface area contributed by atoms with Crippen molar-refractivity contribution in [2.45, 2.75) is 70.9 Å². The SMILES string of the molecule is Cc1noc(C(C)C)c1C(=O)NC1CCCCCC1O. The van der Waals surface area contributed by atoms with Crippen LogP contribution in [0.4, 0.5) is 0 Å². The van der Waals surface area contributed by atoms with Gasteiger partial charge in [0.15, 0.2) is 5.76 Å². The van der Waals surface area contributed by atoms with Gasteiger partial charge in [0.2, 0.25) is 0 Å². The van der Waals surface area contributed by atoms with Crippen LogP contribution in [0, 0.1) is 6.92 Å². The van der Waals surface area contributed by atoms with E-state index in [1.165, 1.54) is 0 Å². The maximum absolute atomic E-state index is 12.5. The first kappa shape index (κ1) is 15.0. The number of aromatic nitrogens is 1. The molecule has 0 aromatic carbocycles. The molecule has 1 saturated carbocycles. The third kappa shape index (κ3) is 3.20. The molecule has 5 heteroatoms. The number of carbonyl (C=O) groups excluding carboxylic acids is 1. The number of hydrogen-bond donors (Lipinski definition) is 2. The van der Waals surface area contributed by atoms with Crippen LogP contribution in [0.5, 0.6) is 0 Å². The smallest absolute Gasteiger partial charge is 0.257 e. The summed E-state index contributed by atoms with van der Waals surface area (Å²) in [7, 11) is 0. The Morgan fingerprint density at radius 3 is 2.75 bits per heavy atom. The summed E-state index contributed by atoms with van der Waals surface area (Å²) in [5.41, 5.74) is 1.13. The van der Waals surface area contributed by atoms with Gasteiger partial charge in [0.1, 0.15) is 5.56 Å². The van der Waals surface area contributed by atoms with Crippen molar-refractivity contribution in [1.29, 1.82) is 0 Å². The van der Waals surface area contributed by atoms with E-state index in [-0.39, 0.29) is 17.9 Å². The Kier molecular flexibility index (Phi) is 4.81. The summed E-state index contributed by atoms with van der Waals surface area (Å²) < 4.78 is 5.25. The summed E-state index contributed by atoms with van der Waals surface area (Å²) in [6.45, 7) is 5.71. The van der Waals surface area contributed by atoms with Crippen molar-refractivity contribution in [2.24, 2.45) is 0 Å². The number of aryl methyl sites for hydroxylation is 1. The van der Waals surface area contributed by atoms with Gasteiger partial charge in [-0.1, -0.05) is 38.3 Å². The fourth-order valence-corrected chi connectivity index (χ4v) is 2.75. The topological polar surface area (TPSA) is 75.4 Å². The second-order valence-corrected chi connectivity index (χ2v) is 5.95. The quantitative estimate of drug-likeness (QED) is 0.834. The average molecular weight is 280 g/mol. The van der Waals surface area contributed by atoms with Crippen LogP contribution in [0.25, 0.3) is 0 Å². The summed E-state index contributed by atoms with van der Waals surface area (Å²) in [6, 6.07) is -0.167. The van der Waals surface area contributed by atoms with Gasteiger partial charge in [-0.3, -0.25) is 4.79 Å². The summed E-state index contributed by atoms with van der Waals surface area (Å²) in [6.07, 6.45) is 4.31. The molecular weight excluding hydrogens is 256 g/mol. The van der Waals surface area contributed by atoms with Crippen LogP contribution < -0.4 is 5.32 Å². The van der Waals surface area contributed by atoms with Crippen LogP contribution >= 0.6 is 0 Å². The largest absolute Gasteiger partial charge is 0.391 e. The van der Waals surface area contributed by atoms with E-state index in [9.17, 15) is 9.90 Å². The minimum Gasteiger partial charge on any atom is -0.391 e. The maximum atomic E-state index is 12.5. The first-order valence-corrected chi connectivity index (χ1v) is 7.45. The lowest BCUT2D eigenvalue weighted by molar-refractivity contribution is 0.0816. The summed E-state index contributed by atoms with van der Waals surface area (Å²) >= 11 is 0. The van der Waals surface area contributed by atoms with Gasteiger partial charge < -0.3 is 14.9 Å². The van der Waals surface area contributed by atoms with Crippen molar-refractivity contribution in [3.8, 4) is 0 Å². The lowest BCUT2D eigenvalue weighted by Gasteiger charge is -2.21. The van der Waals surface area contributed by atoms with E-state index in [1.807, 2.05) is 13.8 Å².